The average molecular weight is 278 g/mol. The van der Waals surface area contributed by atoms with Gasteiger partial charge in [-0.05, 0) is 6.07 Å². The molecule has 0 saturated carbocycles. The van der Waals surface area contributed by atoms with Gasteiger partial charge >= 0.3 is 0 Å². The van der Waals surface area contributed by atoms with Crippen LogP contribution in [0.1, 0.15) is 4.79 Å². The quantitative estimate of drug-likeness (QED) is 0.768. The molecule has 0 spiro atoms. The molecule has 0 saturated heterocycles. The summed E-state index contributed by atoms with van der Waals surface area (Å²) in [5.74, 6) is 0.940. The van der Waals surface area contributed by atoms with Crippen molar-refractivity contribution in [1.82, 2.24) is 9.55 Å². The van der Waals surface area contributed by atoms with E-state index < -0.39 is 0 Å². The van der Waals surface area contributed by atoms with Gasteiger partial charge in [-0.3, -0.25) is 9.59 Å². The summed E-state index contributed by atoms with van der Waals surface area (Å²) in [6.45, 7) is 0. The molecule has 1 aliphatic rings. The Bertz CT molecular complexity index is 753. The fourth-order valence-electron chi connectivity index (χ4n) is 2.00. The van der Waals surface area contributed by atoms with Gasteiger partial charge in [0.05, 0.1) is 30.9 Å². The van der Waals surface area contributed by atoms with E-state index in [0.29, 0.717) is 27.6 Å². The monoisotopic (exact) mass is 278 g/mol. The number of thioether (sulfide) groups is 1. The summed E-state index contributed by atoms with van der Waals surface area (Å²) in [7, 11) is 3.01. The van der Waals surface area contributed by atoms with Crippen molar-refractivity contribution < 1.29 is 14.3 Å². The largest absolute Gasteiger partial charge is 0.493 e. The molecule has 2 aromatic rings. The van der Waals surface area contributed by atoms with Crippen LogP contribution < -0.4 is 15.0 Å². The van der Waals surface area contributed by atoms with Gasteiger partial charge in [0.2, 0.25) is 5.91 Å². The predicted molar refractivity (Wildman–Crippen MR) is 70.5 cm³/mol. The third kappa shape index (κ3) is 1.69. The van der Waals surface area contributed by atoms with Gasteiger partial charge in [0, 0.05) is 6.07 Å². The van der Waals surface area contributed by atoms with E-state index >= 15 is 0 Å². The minimum atomic E-state index is -0.365. The molecule has 2 heterocycles. The lowest BCUT2D eigenvalue weighted by molar-refractivity contribution is 0.0934. The van der Waals surface area contributed by atoms with Crippen molar-refractivity contribution in [2.24, 2.45) is 0 Å². The summed E-state index contributed by atoms with van der Waals surface area (Å²) < 4.78 is 11.4. The minimum Gasteiger partial charge on any atom is -0.493 e. The van der Waals surface area contributed by atoms with Crippen LogP contribution in [0.2, 0.25) is 0 Å². The summed E-state index contributed by atoms with van der Waals surface area (Å²) in [4.78, 5) is 28.3. The lowest BCUT2D eigenvalue weighted by atomic mass is 10.2. The second-order valence-electron chi connectivity index (χ2n) is 3.94. The summed E-state index contributed by atoms with van der Waals surface area (Å²) in [5.41, 5.74) is 0.132. The lowest BCUT2D eigenvalue weighted by Crippen LogP contribution is -2.26. The predicted octanol–water partition coefficient (Wildman–Crippen LogP) is 1.16. The van der Waals surface area contributed by atoms with Crippen LogP contribution in [0.15, 0.2) is 22.1 Å². The van der Waals surface area contributed by atoms with Crippen molar-refractivity contribution in [3.63, 3.8) is 0 Å². The van der Waals surface area contributed by atoms with Gasteiger partial charge in [0.1, 0.15) is 0 Å². The molecular weight excluding hydrogens is 268 g/mol. The number of fused-ring (bicyclic) bond motifs is 2. The number of carbonyl (C=O) groups excluding carboxylic acids is 1. The number of nitrogens with zero attached hydrogens (tertiary/aromatic N) is 2. The van der Waals surface area contributed by atoms with E-state index in [-0.39, 0.29) is 17.2 Å². The first kappa shape index (κ1) is 12.0. The SMILES string of the molecule is COc1cc2nc3n(c(=O)c2cc1OC)C(=O)CS3. The normalized spacial score (nSPS) is 13.7. The smallest absolute Gasteiger partial charge is 0.269 e. The first-order chi connectivity index (χ1) is 9.15. The number of aromatic nitrogens is 2. The lowest BCUT2D eigenvalue weighted by Gasteiger charge is -2.09. The van der Waals surface area contributed by atoms with Gasteiger partial charge in [-0.25, -0.2) is 9.55 Å². The highest BCUT2D eigenvalue weighted by atomic mass is 32.2. The Kier molecular flexibility index (Phi) is 2.70. The summed E-state index contributed by atoms with van der Waals surface area (Å²) in [6, 6.07) is 3.19. The average Bonchev–Trinajstić information content (AvgIpc) is 2.79. The Balaban J connectivity index is 2.39. The zero-order valence-corrected chi connectivity index (χ0v) is 11.1. The van der Waals surface area contributed by atoms with Crippen LogP contribution in [-0.4, -0.2) is 35.4 Å². The molecule has 98 valence electrons. The van der Waals surface area contributed by atoms with E-state index in [1.165, 1.54) is 26.0 Å². The highest BCUT2D eigenvalue weighted by molar-refractivity contribution is 8.00. The maximum atomic E-state index is 12.3. The van der Waals surface area contributed by atoms with Crippen LogP contribution in [0.4, 0.5) is 0 Å². The molecule has 6 nitrogen and oxygen atoms in total. The van der Waals surface area contributed by atoms with E-state index in [1.807, 2.05) is 0 Å². The van der Waals surface area contributed by atoms with E-state index in [1.54, 1.807) is 12.1 Å². The molecular formula is C12H10N2O4S. The molecule has 0 bridgehead atoms. The van der Waals surface area contributed by atoms with E-state index in [4.69, 9.17) is 9.47 Å². The second-order valence-corrected chi connectivity index (χ2v) is 4.88. The van der Waals surface area contributed by atoms with E-state index in [0.717, 1.165) is 4.57 Å². The van der Waals surface area contributed by atoms with Gasteiger partial charge in [-0.2, -0.15) is 0 Å². The van der Waals surface area contributed by atoms with Crippen LogP contribution in [0.5, 0.6) is 11.5 Å². The third-order valence-electron chi connectivity index (χ3n) is 2.92. The molecule has 19 heavy (non-hydrogen) atoms. The molecule has 0 radical (unpaired) electrons. The number of benzene rings is 1. The van der Waals surface area contributed by atoms with Crippen LogP contribution in [0.3, 0.4) is 0 Å². The number of hydrogen-bond acceptors (Lipinski definition) is 6. The minimum absolute atomic E-state index is 0.241. The van der Waals surface area contributed by atoms with Crippen LogP contribution >= 0.6 is 11.8 Å². The Labute approximate surface area is 112 Å². The van der Waals surface area contributed by atoms with Gasteiger partial charge in [0.15, 0.2) is 16.7 Å². The van der Waals surface area contributed by atoms with Crippen LogP contribution in [-0.2, 0) is 0 Å². The van der Waals surface area contributed by atoms with Crippen molar-refractivity contribution in [3.8, 4) is 11.5 Å². The highest BCUT2D eigenvalue weighted by Crippen LogP contribution is 2.32. The Morgan fingerprint density at radius 2 is 1.89 bits per heavy atom. The summed E-state index contributed by atoms with van der Waals surface area (Å²) in [6.07, 6.45) is 0. The van der Waals surface area contributed by atoms with E-state index in [9.17, 15) is 9.59 Å². The van der Waals surface area contributed by atoms with Gasteiger partial charge in [-0.15, -0.1) is 0 Å². The zero-order chi connectivity index (χ0) is 13.6. The number of rotatable bonds is 2. The molecule has 0 fully saturated rings. The second kappa shape index (κ2) is 4.27. The molecule has 1 aliphatic heterocycles. The number of carbonyl (C=O) groups is 1. The molecule has 3 rings (SSSR count). The Morgan fingerprint density at radius 1 is 1.21 bits per heavy atom. The van der Waals surface area contributed by atoms with Crippen LogP contribution in [0.25, 0.3) is 10.9 Å². The first-order valence-corrected chi connectivity index (χ1v) is 6.49. The first-order valence-electron chi connectivity index (χ1n) is 5.50. The topological polar surface area (TPSA) is 70.4 Å². The molecule has 0 aliphatic carbocycles. The Hall–Kier alpha value is -2.02. The van der Waals surface area contributed by atoms with Crippen molar-refractivity contribution in [1.29, 1.82) is 0 Å². The molecule has 7 heteroatoms. The molecule has 0 unspecified atom stereocenters. The van der Waals surface area contributed by atoms with Crippen molar-refractivity contribution in [2.45, 2.75) is 5.16 Å². The fraction of sp³-hybridized carbons (Fsp3) is 0.250. The van der Waals surface area contributed by atoms with Gasteiger partial charge in [-0.1, -0.05) is 11.8 Å². The van der Waals surface area contributed by atoms with Crippen LogP contribution in [0, 0.1) is 0 Å². The summed E-state index contributed by atoms with van der Waals surface area (Å²) in [5, 5.41) is 0.770. The maximum absolute atomic E-state index is 12.3. The van der Waals surface area contributed by atoms with Crippen molar-refractivity contribution in [2.75, 3.05) is 20.0 Å². The number of methoxy groups -OCH3 is 2. The standard InChI is InChI=1S/C12H10N2O4S/c1-17-8-3-6-7(4-9(8)18-2)13-12-14(11(6)16)10(15)5-19-12/h3-4H,5H2,1-2H3. The number of hydrogen-bond donors (Lipinski definition) is 0. The fourth-order valence-corrected chi connectivity index (χ4v) is 2.86. The molecule has 0 N–H and O–H groups in total. The summed E-state index contributed by atoms with van der Waals surface area (Å²) >= 11 is 1.26. The van der Waals surface area contributed by atoms with Gasteiger partial charge < -0.3 is 9.47 Å². The zero-order valence-electron chi connectivity index (χ0n) is 10.3. The number of ether oxygens (including phenoxy) is 2. The molecule has 0 atom stereocenters. The molecule has 1 aromatic heterocycles. The third-order valence-corrected chi connectivity index (χ3v) is 3.84. The highest BCUT2D eigenvalue weighted by Gasteiger charge is 2.24. The van der Waals surface area contributed by atoms with Crippen molar-refractivity contribution >= 4 is 28.6 Å². The molecule has 0 amide bonds. The van der Waals surface area contributed by atoms with Gasteiger partial charge in [0.25, 0.3) is 5.56 Å². The van der Waals surface area contributed by atoms with E-state index in [2.05, 4.69) is 4.98 Å². The maximum Gasteiger partial charge on any atom is 0.269 e. The Morgan fingerprint density at radius 3 is 2.58 bits per heavy atom. The molecule has 1 aromatic carbocycles. The van der Waals surface area contributed by atoms with Crippen molar-refractivity contribution in [3.05, 3.63) is 22.5 Å².